The molecule has 0 aromatic heterocycles. The van der Waals surface area contributed by atoms with Crippen LogP contribution in [0, 0.1) is 0 Å². The van der Waals surface area contributed by atoms with Crippen LogP contribution in [0.2, 0.25) is 0 Å². The van der Waals surface area contributed by atoms with Gasteiger partial charge in [-0.1, -0.05) is 39.0 Å². The van der Waals surface area contributed by atoms with E-state index in [2.05, 4.69) is 26.1 Å². The number of halogens is 1. The van der Waals surface area contributed by atoms with Crippen LogP contribution in [0.3, 0.4) is 0 Å². The lowest BCUT2D eigenvalue weighted by molar-refractivity contribution is -0.126. The first-order valence-corrected chi connectivity index (χ1v) is 7.17. The number of hydrogen-bond donors (Lipinski definition) is 2. The van der Waals surface area contributed by atoms with Crippen LogP contribution >= 0.6 is 12.4 Å². The number of carbonyl (C=O) groups is 1. The summed E-state index contributed by atoms with van der Waals surface area (Å²) in [6.45, 7) is 6.87. The van der Waals surface area contributed by atoms with Gasteiger partial charge >= 0.3 is 0 Å². The molecule has 1 fully saturated rings. The van der Waals surface area contributed by atoms with Crippen molar-refractivity contribution in [3.05, 3.63) is 29.8 Å². The van der Waals surface area contributed by atoms with Crippen molar-refractivity contribution in [2.45, 2.75) is 51.2 Å². The Hall–Kier alpha value is -1.10. The molecule has 118 valence electrons. The van der Waals surface area contributed by atoms with Crippen LogP contribution < -0.4 is 11.1 Å². The summed E-state index contributed by atoms with van der Waals surface area (Å²) in [5.41, 5.74) is 7.55. The second-order valence-electron chi connectivity index (χ2n) is 6.34. The highest BCUT2D eigenvalue weighted by Gasteiger charge is 2.30. The molecule has 1 aromatic carbocycles. The van der Waals surface area contributed by atoms with Gasteiger partial charge in [0.1, 0.15) is 6.10 Å². The fourth-order valence-corrected chi connectivity index (χ4v) is 2.53. The Morgan fingerprint density at radius 3 is 2.57 bits per heavy atom. The number of hydrogen-bond acceptors (Lipinski definition) is 3. The highest BCUT2D eigenvalue weighted by atomic mass is 35.5. The normalized spacial score (nSPS) is 21.7. The minimum Gasteiger partial charge on any atom is -0.364 e. The Balaban J connectivity index is 0.00000220. The summed E-state index contributed by atoms with van der Waals surface area (Å²) in [5, 5.41) is 3.00. The lowest BCUT2D eigenvalue weighted by atomic mass is 9.86. The summed E-state index contributed by atoms with van der Waals surface area (Å²) in [6, 6.07) is 7.91. The van der Waals surface area contributed by atoms with Crippen LogP contribution in [-0.2, 0) is 14.9 Å². The van der Waals surface area contributed by atoms with Crippen molar-refractivity contribution in [3.63, 3.8) is 0 Å². The van der Waals surface area contributed by atoms with E-state index in [1.54, 1.807) is 0 Å². The van der Waals surface area contributed by atoms with Gasteiger partial charge in [0.15, 0.2) is 0 Å². The van der Waals surface area contributed by atoms with E-state index in [1.165, 1.54) is 0 Å². The fraction of sp³-hybridized carbons (Fsp3) is 0.562. The van der Waals surface area contributed by atoms with Crippen molar-refractivity contribution in [2.75, 3.05) is 11.9 Å². The predicted octanol–water partition coefficient (Wildman–Crippen LogP) is 2.85. The van der Waals surface area contributed by atoms with Gasteiger partial charge in [0.05, 0.1) is 6.10 Å². The smallest absolute Gasteiger partial charge is 0.253 e. The summed E-state index contributed by atoms with van der Waals surface area (Å²) >= 11 is 0. The Morgan fingerprint density at radius 1 is 1.33 bits per heavy atom. The molecule has 1 saturated heterocycles. The van der Waals surface area contributed by atoms with Gasteiger partial charge in [0, 0.05) is 12.2 Å². The molecule has 5 heteroatoms. The Bertz CT molecular complexity index is 485. The molecule has 4 nitrogen and oxygen atoms in total. The van der Waals surface area contributed by atoms with E-state index in [0.717, 1.165) is 24.1 Å². The van der Waals surface area contributed by atoms with Crippen molar-refractivity contribution in [1.29, 1.82) is 0 Å². The topological polar surface area (TPSA) is 64.4 Å². The second-order valence-corrected chi connectivity index (χ2v) is 6.34. The SMILES string of the molecule is CC(C)(C)c1ccccc1NC(=O)[C@@H]1CC[C@H](CN)O1.Cl. The van der Waals surface area contributed by atoms with Crippen molar-refractivity contribution in [1.82, 2.24) is 0 Å². The van der Waals surface area contributed by atoms with E-state index in [1.807, 2.05) is 24.3 Å². The number of para-hydroxylation sites is 1. The molecule has 0 unspecified atom stereocenters. The maximum Gasteiger partial charge on any atom is 0.253 e. The lowest BCUT2D eigenvalue weighted by Gasteiger charge is -2.23. The number of carbonyl (C=O) groups excluding carboxylic acids is 1. The molecular weight excluding hydrogens is 288 g/mol. The third-order valence-corrected chi connectivity index (χ3v) is 3.66. The van der Waals surface area contributed by atoms with Gasteiger partial charge in [0.25, 0.3) is 5.91 Å². The van der Waals surface area contributed by atoms with Gasteiger partial charge in [-0.3, -0.25) is 4.79 Å². The molecule has 0 bridgehead atoms. The van der Waals surface area contributed by atoms with Crippen LogP contribution in [0.4, 0.5) is 5.69 Å². The zero-order valence-corrected chi connectivity index (χ0v) is 13.7. The van der Waals surface area contributed by atoms with E-state index in [-0.39, 0.29) is 35.9 Å². The van der Waals surface area contributed by atoms with E-state index in [4.69, 9.17) is 10.5 Å². The first-order chi connectivity index (χ1) is 9.41. The van der Waals surface area contributed by atoms with E-state index >= 15 is 0 Å². The summed E-state index contributed by atoms with van der Waals surface area (Å²) in [5.74, 6) is -0.0716. The number of anilines is 1. The highest BCUT2D eigenvalue weighted by Crippen LogP contribution is 2.30. The Morgan fingerprint density at radius 2 is 2.00 bits per heavy atom. The van der Waals surface area contributed by atoms with Crippen LogP contribution in [-0.4, -0.2) is 24.7 Å². The average Bonchev–Trinajstić information content (AvgIpc) is 2.87. The molecule has 0 aliphatic carbocycles. The number of benzene rings is 1. The standard InChI is InChI=1S/C16H24N2O2.ClH/c1-16(2,3)12-6-4-5-7-13(12)18-15(19)14-9-8-11(10-17)20-14;/h4-7,11,14H,8-10,17H2,1-3H3,(H,18,19);1H/t11-,14+;/m1./s1. The zero-order valence-electron chi connectivity index (χ0n) is 12.9. The van der Waals surface area contributed by atoms with Crippen LogP contribution in [0.1, 0.15) is 39.2 Å². The molecule has 2 rings (SSSR count). The van der Waals surface area contributed by atoms with Gasteiger partial charge in [-0.25, -0.2) is 0 Å². The summed E-state index contributed by atoms with van der Waals surface area (Å²) < 4.78 is 5.63. The number of ether oxygens (including phenoxy) is 1. The summed E-state index contributed by atoms with van der Waals surface area (Å²) in [4.78, 5) is 12.3. The molecule has 1 aromatic rings. The third kappa shape index (κ3) is 4.43. The first-order valence-electron chi connectivity index (χ1n) is 7.17. The molecular formula is C16H25ClN2O2. The van der Waals surface area contributed by atoms with Crippen molar-refractivity contribution >= 4 is 24.0 Å². The molecule has 0 spiro atoms. The van der Waals surface area contributed by atoms with Crippen LogP contribution in [0.25, 0.3) is 0 Å². The minimum atomic E-state index is -0.378. The molecule has 1 amide bonds. The quantitative estimate of drug-likeness (QED) is 0.902. The number of rotatable bonds is 3. The molecule has 2 atom stereocenters. The summed E-state index contributed by atoms with van der Waals surface area (Å²) in [7, 11) is 0. The zero-order chi connectivity index (χ0) is 14.8. The van der Waals surface area contributed by atoms with Crippen molar-refractivity contribution in [2.24, 2.45) is 5.73 Å². The Kier molecular flexibility index (Phi) is 6.20. The average molecular weight is 313 g/mol. The molecule has 0 saturated carbocycles. The predicted molar refractivity (Wildman–Crippen MR) is 88.0 cm³/mol. The van der Waals surface area contributed by atoms with Crippen molar-refractivity contribution in [3.8, 4) is 0 Å². The second kappa shape index (κ2) is 7.25. The number of nitrogens with one attached hydrogen (secondary N) is 1. The summed E-state index contributed by atoms with van der Waals surface area (Å²) in [6.07, 6.45) is 1.24. The van der Waals surface area contributed by atoms with E-state index in [0.29, 0.717) is 6.54 Å². The Labute approximate surface area is 132 Å². The van der Waals surface area contributed by atoms with Gasteiger partial charge in [-0.2, -0.15) is 0 Å². The molecule has 0 radical (unpaired) electrons. The van der Waals surface area contributed by atoms with Gasteiger partial charge < -0.3 is 15.8 Å². The molecule has 21 heavy (non-hydrogen) atoms. The molecule has 1 aliphatic heterocycles. The van der Waals surface area contributed by atoms with Gasteiger partial charge in [-0.15, -0.1) is 12.4 Å². The van der Waals surface area contributed by atoms with E-state index < -0.39 is 0 Å². The maximum absolute atomic E-state index is 12.3. The van der Waals surface area contributed by atoms with Gasteiger partial charge in [-0.05, 0) is 29.9 Å². The molecule has 1 heterocycles. The monoisotopic (exact) mass is 312 g/mol. The minimum absolute atomic E-state index is 0. The number of nitrogens with two attached hydrogens (primary N) is 1. The van der Waals surface area contributed by atoms with Crippen LogP contribution in [0.15, 0.2) is 24.3 Å². The first kappa shape index (κ1) is 18.0. The van der Waals surface area contributed by atoms with Crippen LogP contribution in [0.5, 0.6) is 0 Å². The fourth-order valence-electron chi connectivity index (χ4n) is 2.53. The maximum atomic E-state index is 12.3. The lowest BCUT2D eigenvalue weighted by Crippen LogP contribution is -2.30. The molecule has 3 N–H and O–H groups in total. The largest absolute Gasteiger partial charge is 0.364 e. The number of amides is 1. The van der Waals surface area contributed by atoms with Crippen molar-refractivity contribution < 1.29 is 9.53 Å². The van der Waals surface area contributed by atoms with Gasteiger partial charge in [0.2, 0.25) is 0 Å². The molecule has 1 aliphatic rings. The van der Waals surface area contributed by atoms with E-state index in [9.17, 15) is 4.79 Å². The third-order valence-electron chi connectivity index (χ3n) is 3.66. The highest BCUT2D eigenvalue weighted by molar-refractivity contribution is 5.95.